The van der Waals surface area contributed by atoms with Gasteiger partial charge in [-0.05, 0) is 30.2 Å². The van der Waals surface area contributed by atoms with Gasteiger partial charge < -0.3 is 4.74 Å². The average molecular weight is 233 g/mol. The first-order valence-corrected chi connectivity index (χ1v) is 5.13. The van der Waals surface area contributed by atoms with Gasteiger partial charge in [0, 0.05) is 5.02 Å². The predicted molar refractivity (Wildman–Crippen MR) is 57.2 cm³/mol. The summed E-state index contributed by atoms with van der Waals surface area (Å²) in [7, 11) is 0. The minimum atomic E-state index is -0.455. The molecule has 76 valence electrons. The van der Waals surface area contributed by atoms with Crippen LogP contribution in [0.3, 0.4) is 0 Å². The molecule has 0 aliphatic carbocycles. The third kappa shape index (κ3) is 2.89. The van der Waals surface area contributed by atoms with E-state index in [1.165, 1.54) is 0 Å². The Morgan fingerprint density at radius 3 is 2.79 bits per heavy atom. The molecule has 0 radical (unpaired) electrons. The van der Waals surface area contributed by atoms with Gasteiger partial charge in [0.1, 0.15) is 11.6 Å². The molecular formula is C10H10Cl2O2. The molecular weight excluding hydrogens is 223 g/mol. The smallest absolute Gasteiger partial charge is 0.326 e. The van der Waals surface area contributed by atoms with Crippen LogP contribution in [-0.4, -0.2) is 11.8 Å². The van der Waals surface area contributed by atoms with Crippen molar-refractivity contribution in [2.45, 2.75) is 13.3 Å². The number of carbonyl (C=O) groups excluding carboxylic acids is 1. The molecule has 0 aromatic heterocycles. The summed E-state index contributed by atoms with van der Waals surface area (Å²) in [4.78, 5) is 10.9. The van der Waals surface area contributed by atoms with Gasteiger partial charge in [0.15, 0.2) is 0 Å². The van der Waals surface area contributed by atoms with Crippen molar-refractivity contribution in [3.8, 4) is 5.75 Å². The summed E-state index contributed by atoms with van der Waals surface area (Å²) in [6.45, 7) is 1.96. The fraction of sp³-hybridized carbons (Fsp3) is 0.300. The van der Waals surface area contributed by atoms with E-state index in [0.717, 1.165) is 12.0 Å². The summed E-state index contributed by atoms with van der Waals surface area (Å²) in [5.74, 6) is -0.0718. The second kappa shape index (κ2) is 5.23. The Bertz CT molecular complexity index is 337. The SMILES string of the molecule is CCc1cc(Cl)ccc1OC(=O)CCl. The van der Waals surface area contributed by atoms with E-state index in [9.17, 15) is 4.79 Å². The number of esters is 1. The van der Waals surface area contributed by atoms with Gasteiger partial charge in [0.05, 0.1) is 0 Å². The van der Waals surface area contributed by atoms with E-state index in [1.54, 1.807) is 18.2 Å². The molecule has 2 nitrogen and oxygen atoms in total. The lowest BCUT2D eigenvalue weighted by Gasteiger charge is -2.07. The molecule has 0 aliphatic heterocycles. The first kappa shape index (κ1) is 11.3. The molecule has 0 heterocycles. The molecule has 0 atom stereocenters. The van der Waals surface area contributed by atoms with E-state index in [1.807, 2.05) is 6.92 Å². The van der Waals surface area contributed by atoms with Gasteiger partial charge in [-0.25, -0.2) is 0 Å². The first-order valence-electron chi connectivity index (χ1n) is 4.22. The molecule has 1 aromatic carbocycles. The molecule has 0 saturated heterocycles. The van der Waals surface area contributed by atoms with Crippen LogP contribution in [0, 0.1) is 0 Å². The van der Waals surface area contributed by atoms with Gasteiger partial charge in [-0.1, -0.05) is 18.5 Å². The van der Waals surface area contributed by atoms with Crippen LogP contribution >= 0.6 is 23.2 Å². The van der Waals surface area contributed by atoms with E-state index in [-0.39, 0.29) is 5.88 Å². The monoisotopic (exact) mass is 232 g/mol. The molecule has 1 rings (SSSR count). The highest BCUT2D eigenvalue weighted by molar-refractivity contribution is 6.30. The van der Waals surface area contributed by atoms with Crippen molar-refractivity contribution in [2.75, 3.05) is 5.88 Å². The highest BCUT2D eigenvalue weighted by atomic mass is 35.5. The Kier molecular flexibility index (Phi) is 4.23. The zero-order valence-electron chi connectivity index (χ0n) is 7.72. The average Bonchev–Trinajstić information content (AvgIpc) is 2.20. The molecule has 0 saturated carbocycles. The summed E-state index contributed by atoms with van der Waals surface area (Å²) < 4.78 is 5.01. The summed E-state index contributed by atoms with van der Waals surface area (Å²) in [5.41, 5.74) is 0.899. The highest BCUT2D eigenvalue weighted by Crippen LogP contribution is 2.23. The number of halogens is 2. The molecule has 0 amide bonds. The molecule has 1 aromatic rings. The van der Waals surface area contributed by atoms with Crippen molar-refractivity contribution < 1.29 is 9.53 Å². The van der Waals surface area contributed by atoms with Crippen molar-refractivity contribution in [3.05, 3.63) is 28.8 Å². The highest BCUT2D eigenvalue weighted by Gasteiger charge is 2.07. The molecule has 0 bridgehead atoms. The summed E-state index contributed by atoms with van der Waals surface area (Å²) in [5, 5.41) is 0.632. The normalized spacial score (nSPS) is 9.93. The number of rotatable bonds is 3. The van der Waals surface area contributed by atoms with Gasteiger partial charge in [-0.2, -0.15) is 0 Å². The number of ether oxygens (including phenoxy) is 1. The molecule has 0 N–H and O–H groups in total. The van der Waals surface area contributed by atoms with E-state index in [2.05, 4.69) is 0 Å². The Balaban J connectivity index is 2.90. The molecule has 0 aliphatic rings. The maximum absolute atomic E-state index is 10.9. The molecule has 0 spiro atoms. The van der Waals surface area contributed by atoms with Crippen molar-refractivity contribution in [1.82, 2.24) is 0 Å². The third-order valence-corrected chi connectivity index (χ3v) is 2.19. The summed E-state index contributed by atoms with van der Waals surface area (Å²) in [6.07, 6.45) is 0.755. The lowest BCUT2D eigenvalue weighted by molar-refractivity contribution is -0.131. The van der Waals surface area contributed by atoms with Crippen LogP contribution < -0.4 is 4.74 Å². The quantitative estimate of drug-likeness (QED) is 0.455. The molecule has 0 unspecified atom stereocenters. The molecule has 0 fully saturated rings. The molecule has 4 heteroatoms. The zero-order chi connectivity index (χ0) is 10.6. The van der Waals surface area contributed by atoms with E-state index in [4.69, 9.17) is 27.9 Å². The lowest BCUT2D eigenvalue weighted by atomic mass is 10.1. The lowest BCUT2D eigenvalue weighted by Crippen LogP contribution is -2.10. The van der Waals surface area contributed by atoms with Crippen LogP contribution in [0.4, 0.5) is 0 Å². The Hall–Kier alpha value is -0.730. The van der Waals surface area contributed by atoms with Gasteiger partial charge in [-0.3, -0.25) is 4.79 Å². The van der Waals surface area contributed by atoms with E-state index < -0.39 is 5.97 Å². The maximum Gasteiger partial charge on any atom is 0.326 e. The number of benzene rings is 1. The minimum Gasteiger partial charge on any atom is -0.425 e. The van der Waals surface area contributed by atoms with Crippen LogP contribution in [0.15, 0.2) is 18.2 Å². The number of hydrogen-bond acceptors (Lipinski definition) is 2. The summed E-state index contributed by atoms with van der Waals surface area (Å²) in [6, 6.07) is 5.13. The van der Waals surface area contributed by atoms with Gasteiger partial charge in [-0.15, -0.1) is 11.6 Å². The van der Waals surface area contributed by atoms with Crippen molar-refractivity contribution in [1.29, 1.82) is 0 Å². The minimum absolute atomic E-state index is 0.147. The van der Waals surface area contributed by atoms with Crippen LogP contribution in [0.25, 0.3) is 0 Å². The standard InChI is InChI=1S/C10H10Cl2O2/c1-2-7-5-8(12)3-4-9(7)14-10(13)6-11/h3-5H,2,6H2,1H3. The van der Waals surface area contributed by atoms with Gasteiger partial charge in [0.2, 0.25) is 0 Å². The van der Waals surface area contributed by atoms with Crippen LogP contribution in [0.2, 0.25) is 5.02 Å². The number of alkyl halides is 1. The van der Waals surface area contributed by atoms with Crippen LogP contribution in [0.5, 0.6) is 5.75 Å². The van der Waals surface area contributed by atoms with E-state index in [0.29, 0.717) is 10.8 Å². The predicted octanol–water partition coefficient (Wildman–Crippen LogP) is 3.05. The number of aryl methyl sites for hydroxylation is 1. The zero-order valence-corrected chi connectivity index (χ0v) is 9.23. The van der Waals surface area contributed by atoms with Crippen molar-refractivity contribution >= 4 is 29.2 Å². The maximum atomic E-state index is 10.9. The second-order valence-electron chi connectivity index (χ2n) is 2.71. The van der Waals surface area contributed by atoms with Gasteiger partial charge in [0.25, 0.3) is 0 Å². The van der Waals surface area contributed by atoms with Crippen molar-refractivity contribution in [2.24, 2.45) is 0 Å². The summed E-state index contributed by atoms with van der Waals surface area (Å²) >= 11 is 11.1. The number of hydrogen-bond donors (Lipinski definition) is 0. The fourth-order valence-electron chi connectivity index (χ4n) is 1.07. The van der Waals surface area contributed by atoms with Crippen LogP contribution in [0.1, 0.15) is 12.5 Å². The fourth-order valence-corrected chi connectivity index (χ4v) is 1.32. The Morgan fingerprint density at radius 1 is 1.50 bits per heavy atom. The topological polar surface area (TPSA) is 26.3 Å². The van der Waals surface area contributed by atoms with E-state index >= 15 is 0 Å². The number of carbonyl (C=O) groups is 1. The molecule has 14 heavy (non-hydrogen) atoms. The van der Waals surface area contributed by atoms with Crippen molar-refractivity contribution in [3.63, 3.8) is 0 Å². The van der Waals surface area contributed by atoms with Crippen LogP contribution in [-0.2, 0) is 11.2 Å². The second-order valence-corrected chi connectivity index (χ2v) is 3.42. The largest absolute Gasteiger partial charge is 0.425 e. The Morgan fingerprint density at radius 2 is 2.21 bits per heavy atom. The van der Waals surface area contributed by atoms with Gasteiger partial charge >= 0.3 is 5.97 Å². The Labute approximate surface area is 92.8 Å². The third-order valence-electron chi connectivity index (χ3n) is 1.74. The first-order chi connectivity index (χ1) is 6.67.